The molecule has 0 aliphatic carbocycles. The zero-order valence-corrected chi connectivity index (χ0v) is 10.5. The molecule has 0 spiro atoms. The summed E-state index contributed by atoms with van der Waals surface area (Å²) < 4.78 is 13.0. The van der Waals surface area contributed by atoms with E-state index >= 15 is 0 Å². The molecule has 16 heavy (non-hydrogen) atoms. The van der Waals surface area contributed by atoms with Gasteiger partial charge in [-0.2, -0.15) is 16.2 Å². The Morgan fingerprint density at radius 1 is 1.50 bits per heavy atom. The number of hydrogen-bond donors (Lipinski definition) is 1. The van der Waals surface area contributed by atoms with E-state index in [1.54, 1.807) is 6.07 Å². The molecule has 2 heterocycles. The molecule has 1 aliphatic heterocycles. The Bertz CT molecular complexity index is 368. The van der Waals surface area contributed by atoms with Gasteiger partial charge in [-0.15, -0.1) is 0 Å². The Morgan fingerprint density at radius 3 is 3.00 bits per heavy atom. The van der Waals surface area contributed by atoms with Crippen molar-refractivity contribution in [3.63, 3.8) is 0 Å². The van der Waals surface area contributed by atoms with E-state index in [1.165, 1.54) is 18.2 Å². The summed E-state index contributed by atoms with van der Waals surface area (Å²) in [6, 6.07) is 5.23. The molecule has 1 saturated heterocycles. The average molecular weight is 240 g/mol. The number of anilines is 1. The molecule has 1 atom stereocenters. The van der Waals surface area contributed by atoms with Gasteiger partial charge in [0.25, 0.3) is 0 Å². The van der Waals surface area contributed by atoms with E-state index in [9.17, 15) is 4.39 Å². The first-order valence-electron chi connectivity index (χ1n) is 5.55. The highest BCUT2D eigenvalue weighted by atomic mass is 32.2. The maximum Gasteiger partial charge on any atom is 0.214 e. The molecule has 1 aliphatic rings. The largest absolute Gasteiger partial charge is 0.366 e. The Balaban J connectivity index is 2.08. The number of nitrogens with zero attached hydrogens (tertiary/aromatic N) is 1. The number of nitrogens with one attached hydrogen (secondary N) is 1. The monoisotopic (exact) mass is 240 g/mol. The van der Waals surface area contributed by atoms with Crippen LogP contribution in [0, 0.1) is 11.4 Å². The van der Waals surface area contributed by atoms with Crippen molar-refractivity contribution in [3.8, 4) is 0 Å². The van der Waals surface area contributed by atoms with Crippen LogP contribution in [0.15, 0.2) is 18.2 Å². The number of thioether (sulfide) groups is 1. The van der Waals surface area contributed by atoms with Gasteiger partial charge < -0.3 is 5.32 Å². The lowest BCUT2D eigenvalue weighted by atomic mass is 9.82. The maximum absolute atomic E-state index is 13.0. The van der Waals surface area contributed by atoms with Crippen molar-refractivity contribution in [2.45, 2.75) is 26.3 Å². The molecule has 1 unspecified atom stereocenters. The first kappa shape index (κ1) is 11.7. The maximum atomic E-state index is 13.0. The molecular weight excluding hydrogens is 223 g/mol. The fraction of sp³-hybridized carbons (Fsp3) is 0.583. The lowest BCUT2D eigenvalue weighted by molar-refractivity contribution is 0.304. The Labute approximate surface area is 100 Å². The van der Waals surface area contributed by atoms with Gasteiger partial charge in [0.1, 0.15) is 5.82 Å². The molecule has 2 rings (SSSR count). The molecular formula is C12H17FN2S. The van der Waals surface area contributed by atoms with E-state index in [0.717, 1.165) is 5.75 Å². The summed E-state index contributed by atoms with van der Waals surface area (Å²) in [6.07, 6.45) is 1.19. The fourth-order valence-electron chi connectivity index (χ4n) is 1.84. The molecule has 1 N–H and O–H groups in total. The lowest BCUT2D eigenvalue weighted by Crippen LogP contribution is -2.41. The van der Waals surface area contributed by atoms with E-state index in [1.807, 2.05) is 17.8 Å². The topological polar surface area (TPSA) is 24.9 Å². The fourth-order valence-corrected chi connectivity index (χ4v) is 3.45. The summed E-state index contributed by atoms with van der Waals surface area (Å²) in [7, 11) is 0. The van der Waals surface area contributed by atoms with Gasteiger partial charge in [0.05, 0.1) is 0 Å². The number of aromatic nitrogens is 1. The minimum absolute atomic E-state index is 0.249. The van der Waals surface area contributed by atoms with E-state index in [-0.39, 0.29) is 5.41 Å². The van der Waals surface area contributed by atoms with E-state index in [2.05, 4.69) is 24.1 Å². The average Bonchev–Trinajstić information content (AvgIpc) is 2.21. The third kappa shape index (κ3) is 2.67. The zero-order valence-electron chi connectivity index (χ0n) is 9.66. The van der Waals surface area contributed by atoms with Crippen LogP contribution in [0.2, 0.25) is 0 Å². The molecule has 0 saturated carbocycles. The second-order valence-electron chi connectivity index (χ2n) is 4.86. The molecule has 2 nitrogen and oxygen atoms in total. The van der Waals surface area contributed by atoms with Gasteiger partial charge in [-0.3, -0.25) is 0 Å². The Hall–Kier alpha value is -0.770. The predicted octanol–water partition coefficient (Wildman–Crippen LogP) is 3.16. The van der Waals surface area contributed by atoms with Crippen LogP contribution in [0.25, 0.3) is 0 Å². The van der Waals surface area contributed by atoms with Gasteiger partial charge in [0.15, 0.2) is 0 Å². The number of halogens is 1. The molecule has 0 aromatic carbocycles. The van der Waals surface area contributed by atoms with Crippen LogP contribution in [-0.4, -0.2) is 22.5 Å². The van der Waals surface area contributed by atoms with E-state index in [4.69, 9.17) is 0 Å². The van der Waals surface area contributed by atoms with Crippen molar-refractivity contribution < 1.29 is 4.39 Å². The molecule has 1 fully saturated rings. The second kappa shape index (κ2) is 4.62. The zero-order chi connectivity index (χ0) is 11.6. The summed E-state index contributed by atoms with van der Waals surface area (Å²) >= 11 is 1.94. The summed E-state index contributed by atoms with van der Waals surface area (Å²) in [5.41, 5.74) is 0.249. The first-order chi connectivity index (χ1) is 7.58. The van der Waals surface area contributed by atoms with Crippen LogP contribution >= 0.6 is 11.8 Å². The predicted molar refractivity (Wildman–Crippen MR) is 67.3 cm³/mol. The third-order valence-corrected chi connectivity index (χ3v) is 4.22. The quantitative estimate of drug-likeness (QED) is 0.804. The SMILES string of the molecule is CC1(C)CCSCC1Nc1cccc(F)n1. The van der Waals surface area contributed by atoms with Crippen molar-refractivity contribution in [3.05, 3.63) is 24.1 Å². The number of rotatable bonds is 2. The van der Waals surface area contributed by atoms with Crippen LogP contribution < -0.4 is 5.32 Å². The van der Waals surface area contributed by atoms with Crippen LogP contribution in [0.5, 0.6) is 0 Å². The molecule has 4 heteroatoms. The van der Waals surface area contributed by atoms with Crippen molar-refractivity contribution in [2.75, 3.05) is 16.8 Å². The van der Waals surface area contributed by atoms with Crippen molar-refractivity contribution in [2.24, 2.45) is 5.41 Å². The van der Waals surface area contributed by atoms with Crippen LogP contribution in [0.1, 0.15) is 20.3 Å². The van der Waals surface area contributed by atoms with Crippen LogP contribution in [0.4, 0.5) is 10.2 Å². The van der Waals surface area contributed by atoms with Crippen molar-refractivity contribution in [1.82, 2.24) is 4.98 Å². The Morgan fingerprint density at radius 2 is 2.31 bits per heavy atom. The van der Waals surface area contributed by atoms with Crippen molar-refractivity contribution >= 4 is 17.6 Å². The van der Waals surface area contributed by atoms with Gasteiger partial charge in [-0.25, -0.2) is 4.98 Å². The molecule has 88 valence electrons. The Kier molecular flexibility index (Phi) is 3.38. The smallest absolute Gasteiger partial charge is 0.214 e. The molecule has 0 amide bonds. The summed E-state index contributed by atoms with van der Waals surface area (Å²) in [5.74, 6) is 2.49. The minimum atomic E-state index is -0.425. The molecule has 0 bridgehead atoms. The highest BCUT2D eigenvalue weighted by Gasteiger charge is 2.32. The first-order valence-corrected chi connectivity index (χ1v) is 6.70. The highest BCUT2D eigenvalue weighted by Crippen LogP contribution is 2.35. The normalized spacial score (nSPS) is 24.1. The van der Waals surface area contributed by atoms with Crippen LogP contribution in [-0.2, 0) is 0 Å². The number of pyridine rings is 1. The summed E-state index contributed by atoms with van der Waals surface area (Å²) in [4.78, 5) is 3.85. The minimum Gasteiger partial charge on any atom is -0.366 e. The lowest BCUT2D eigenvalue weighted by Gasteiger charge is -2.38. The number of hydrogen-bond acceptors (Lipinski definition) is 3. The summed E-state index contributed by atoms with van der Waals surface area (Å²) in [5, 5.41) is 3.34. The van der Waals surface area contributed by atoms with E-state index in [0.29, 0.717) is 11.9 Å². The van der Waals surface area contributed by atoms with Gasteiger partial charge in [-0.05, 0) is 29.7 Å². The van der Waals surface area contributed by atoms with Gasteiger partial charge in [-0.1, -0.05) is 19.9 Å². The van der Waals surface area contributed by atoms with Gasteiger partial charge >= 0.3 is 0 Å². The standard InChI is InChI=1S/C12H17FN2S/c1-12(2)6-7-16-8-9(12)14-11-5-3-4-10(13)15-11/h3-5,9H,6-8H2,1-2H3,(H,14,15). The third-order valence-electron chi connectivity index (χ3n) is 3.16. The van der Waals surface area contributed by atoms with Gasteiger partial charge in [0.2, 0.25) is 5.95 Å². The van der Waals surface area contributed by atoms with E-state index < -0.39 is 5.95 Å². The highest BCUT2D eigenvalue weighted by molar-refractivity contribution is 7.99. The molecule has 1 aromatic rings. The molecule has 1 aromatic heterocycles. The van der Waals surface area contributed by atoms with Crippen molar-refractivity contribution in [1.29, 1.82) is 0 Å². The second-order valence-corrected chi connectivity index (χ2v) is 6.01. The van der Waals surface area contributed by atoms with Gasteiger partial charge in [0, 0.05) is 11.8 Å². The van der Waals surface area contributed by atoms with Crippen LogP contribution in [0.3, 0.4) is 0 Å². The molecule has 0 radical (unpaired) electrons. The summed E-state index contributed by atoms with van der Waals surface area (Å²) in [6.45, 7) is 4.51.